The molecule has 2 heterocycles. The highest BCUT2D eigenvalue weighted by Crippen LogP contribution is 2.19. The second-order valence-corrected chi connectivity index (χ2v) is 4.62. The van der Waals surface area contributed by atoms with Crippen molar-refractivity contribution in [2.24, 2.45) is 0 Å². The highest BCUT2D eigenvalue weighted by Gasteiger charge is 2.29. The predicted molar refractivity (Wildman–Crippen MR) is 69.5 cm³/mol. The maximum atomic E-state index is 12.0. The molecule has 0 bridgehead atoms. The summed E-state index contributed by atoms with van der Waals surface area (Å²) < 4.78 is 0. The molecule has 1 aliphatic rings. The van der Waals surface area contributed by atoms with E-state index in [9.17, 15) is 24.5 Å². The molecule has 10 heteroatoms. The third kappa shape index (κ3) is 3.31. The van der Waals surface area contributed by atoms with Gasteiger partial charge in [-0.25, -0.2) is 4.98 Å². The van der Waals surface area contributed by atoms with E-state index in [0.29, 0.717) is 0 Å². The monoisotopic (exact) mass is 312 g/mol. The Morgan fingerprint density at radius 1 is 1.52 bits per heavy atom. The fraction of sp³-hybridized carbons (Fsp3) is 0.273. The molecule has 2 N–H and O–H groups in total. The summed E-state index contributed by atoms with van der Waals surface area (Å²) in [6.45, 7) is 0. The first-order valence-electron chi connectivity index (χ1n) is 5.83. The fourth-order valence-electron chi connectivity index (χ4n) is 1.76. The quantitative estimate of drug-likeness (QED) is 0.354. The van der Waals surface area contributed by atoms with Gasteiger partial charge in [0.1, 0.15) is 17.4 Å². The van der Waals surface area contributed by atoms with Crippen LogP contribution in [0.2, 0.25) is 5.15 Å². The lowest BCUT2D eigenvalue weighted by Crippen LogP contribution is -2.52. The Labute approximate surface area is 122 Å². The van der Waals surface area contributed by atoms with E-state index in [1.165, 1.54) is 0 Å². The van der Waals surface area contributed by atoms with Crippen LogP contribution in [0.25, 0.3) is 0 Å². The van der Waals surface area contributed by atoms with Gasteiger partial charge in [0, 0.05) is 12.5 Å². The van der Waals surface area contributed by atoms with Crippen LogP contribution in [-0.2, 0) is 9.59 Å². The first kappa shape index (κ1) is 14.9. The number of nitrogens with one attached hydrogen (secondary N) is 2. The molecule has 0 aliphatic carbocycles. The summed E-state index contributed by atoms with van der Waals surface area (Å²) in [5.74, 6) is -1.82. The van der Waals surface area contributed by atoms with Crippen LogP contribution in [0.1, 0.15) is 23.2 Å². The molecule has 1 fully saturated rings. The summed E-state index contributed by atoms with van der Waals surface area (Å²) in [5, 5.41) is 14.9. The fourth-order valence-corrected chi connectivity index (χ4v) is 1.95. The minimum absolute atomic E-state index is 0.0948. The summed E-state index contributed by atoms with van der Waals surface area (Å²) >= 11 is 5.72. The van der Waals surface area contributed by atoms with E-state index in [2.05, 4.69) is 15.6 Å². The lowest BCUT2D eigenvalue weighted by atomic mass is 10.1. The molecule has 1 saturated heterocycles. The van der Waals surface area contributed by atoms with Crippen molar-refractivity contribution in [2.75, 3.05) is 0 Å². The van der Waals surface area contributed by atoms with Gasteiger partial charge >= 0.3 is 0 Å². The predicted octanol–water partition coefficient (Wildman–Crippen LogP) is 0.178. The van der Waals surface area contributed by atoms with Gasteiger partial charge in [0.25, 0.3) is 11.6 Å². The second kappa shape index (κ2) is 5.83. The smallest absolute Gasteiger partial charge is 0.288 e. The molecule has 1 aliphatic heterocycles. The van der Waals surface area contributed by atoms with Crippen molar-refractivity contribution in [3.05, 3.63) is 33.1 Å². The van der Waals surface area contributed by atoms with Crippen molar-refractivity contribution in [1.82, 2.24) is 15.6 Å². The molecule has 0 spiro atoms. The number of piperidine rings is 1. The third-order valence-electron chi connectivity index (χ3n) is 2.82. The zero-order valence-corrected chi connectivity index (χ0v) is 11.2. The molecule has 0 radical (unpaired) electrons. The van der Waals surface area contributed by atoms with Gasteiger partial charge in [-0.15, -0.1) is 0 Å². The maximum Gasteiger partial charge on any atom is 0.288 e. The summed E-state index contributed by atoms with van der Waals surface area (Å²) in [6, 6.07) is 0.0711. The van der Waals surface area contributed by atoms with Gasteiger partial charge in [-0.3, -0.25) is 29.8 Å². The summed E-state index contributed by atoms with van der Waals surface area (Å²) in [4.78, 5) is 48.0. The molecule has 0 aromatic carbocycles. The van der Waals surface area contributed by atoms with Crippen molar-refractivity contribution in [3.8, 4) is 0 Å². The second-order valence-electron chi connectivity index (χ2n) is 4.27. The maximum absolute atomic E-state index is 12.0. The van der Waals surface area contributed by atoms with E-state index < -0.39 is 34.4 Å². The molecule has 110 valence electrons. The largest absolute Gasteiger partial charge is 0.340 e. The Morgan fingerprint density at radius 2 is 2.24 bits per heavy atom. The normalized spacial score (nSPS) is 18.0. The third-order valence-corrected chi connectivity index (χ3v) is 3.13. The number of amides is 3. The number of pyridine rings is 1. The van der Waals surface area contributed by atoms with Crippen LogP contribution in [-0.4, -0.2) is 33.7 Å². The topological polar surface area (TPSA) is 131 Å². The van der Waals surface area contributed by atoms with Crippen LogP contribution in [0.5, 0.6) is 0 Å². The molecular formula is C11H9ClN4O5. The minimum atomic E-state index is -0.898. The van der Waals surface area contributed by atoms with Crippen LogP contribution in [0, 0.1) is 10.1 Å². The Morgan fingerprint density at radius 3 is 2.86 bits per heavy atom. The molecule has 21 heavy (non-hydrogen) atoms. The lowest BCUT2D eigenvalue weighted by Gasteiger charge is -2.21. The summed E-state index contributed by atoms with van der Waals surface area (Å²) in [6.07, 6.45) is 1.17. The molecule has 1 unspecified atom stereocenters. The standard InChI is InChI=1S/C11H9ClN4O5/c12-9-6(3-5(4-13-9)16(20)21)10(18)14-7-1-2-8(17)15-11(7)19/h3-4,7H,1-2H2,(H,14,18)(H,15,17,19). The number of halogens is 1. The van der Waals surface area contributed by atoms with E-state index in [-0.39, 0.29) is 23.6 Å². The van der Waals surface area contributed by atoms with Crippen molar-refractivity contribution in [3.63, 3.8) is 0 Å². The van der Waals surface area contributed by atoms with Gasteiger partial charge in [-0.2, -0.15) is 0 Å². The molecule has 1 aromatic rings. The van der Waals surface area contributed by atoms with E-state index in [1.54, 1.807) is 0 Å². The molecule has 9 nitrogen and oxygen atoms in total. The van der Waals surface area contributed by atoms with Gasteiger partial charge in [0.05, 0.1) is 10.5 Å². The van der Waals surface area contributed by atoms with E-state index in [4.69, 9.17) is 11.6 Å². The number of imide groups is 1. The van der Waals surface area contributed by atoms with Crippen molar-refractivity contribution >= 4 is 35.0 Å². The van der Waals surface area contributed by atoms with Gasteiger partial charge in [0.15, 0.2) is 0 Å². The van der Waals surface area contributed by atoms with Gasteiger partial charge in [-0.1, -0.05) is 11.6 Å². The zero-order chi connectivity index (χ0) is 15.6. The minimum Gasteiger partial charge on any atom is -0.340 e. The zero-order valence-electron chi connectivity index (χ0n) is 10.5. The van der Waals surface area contributed by atoms with Crippen LogP contribution in [0.3, 0.4) is 0 Å². The number of rotatable bonds is 3. The van der Waals surface area contributed by atoms with E-state index in [1.807, 2.05) is 0 Å². The molecule has 0 saturated carbocycles. The molecule has 1 aromatic heterocycles. The van der Waals surface area contributed by atoms with Crippen LogP contribution < -0.4 is 10.6 Å². The van der Waals surface area contributed by atoms with Crippen molar-refractivity contribution in [1.29, 1.82) is 0 Å². The molecule has 1 atom stereocenters. The number of nitro groups is 1. The SMILES string of the molecule is O=C1CCC(NC(=O)c2cc([N+](=O)[O-])cnc2Cl)C(=O)N1. The van der Waals surface area contributed by atoms with E-state index in [0.717, 1.165) is 12.3 Å². The molecule has 2 rings (SSSR count). The van der Waals surface area contributed by atoms with Crippen molar-refractivity contribution < 1.29 is 19.3 Å². The van der Waals surface area contributed by atoms with Crippen LogP contribution in [0.4, 0.5) is 5.69 Å². The first-order valence-corrected chi connectivity index (χ1v) is 6.21. The average Bonchev–Trinajstić information content (AvgIpc) is 2.42. The van der Waals surface area contributed by atoms with Gasteiger partial charge < -0.3 is 5.32 Å². The molecular weight excluding hydrogens is 304 g/mol. The summed E-state index contributed by atoms with van der Waals surface area (Å²) in [5.41, 5.74) is -0.608. The number of carbonyl (C=O) groups excluding carboxylic acids is 3. The number of nitrogens with zero attached hydrogens (tertiary/aromatic N) is 2. The Balaban J connectivity index is 2.17. The average molecular weight is 313 g/mol. The number of carbonyl (C=O) groups is 3. The summed E-state index contributed by atoms with van der Waals surface area (Å²) in [7, 11) is 0. The highest BCUT2D eigenvalue weighted by atomic mass is 35.5. The van der Waals surface area contributed by atoms with E-state index >= 15 is 0 Å². The van der Waals surface area contributed by atoms with Crippen molar-refractivity contribution in [2.45, 2.75) is 18.9 Å². The Hall–Kier alpha value is -2.55. The number of hydrogen-bond donors (Lipinski definition) is 2. The molecule has 3 amide bonds. The Bertz CT molecular complexity index is 648. The highest BCUT2D eigenvalue weighted by molar-refractivity contribution is 6.32. The van der Waals surface area contributed by atoms with Gasteiger partial charge in [-0.05, 0) is 6.42 Å². The lowest BCUT2D eigenvalue weighted by molar-refractivity contribution is -0.385. The number of aromatic nitrogens is 1. The van der Waals surface area contributed by atoms with Gasteiger partial charge in [0.2, 0.25) is 11.8 Å². The first-order chi connectivity index (χ1) is 9.88. The Kier molecular flexibility index (Phi) is 4.13. The number of hydrogen-bond acceptors (Lipinski definition) is 6. The van der Waals surface area contributed by atoms with Crippen LogP contribution in [0.15, 0.2) is 12.3 Å². The van der Waals surface area contributed by atoms with Crippen LogP contribution >= 0.6 is 11.6 Å².